The molecular formula is C27H35N3O4S. The van der Waals surface area contributed by atoms with Gasteiger partial charge < -0.3 is 9.80 Å². The van der Waals surface area contributed by atoms with Crippen molar-refractivity contribution in [3.05, 3.63) is 65.7 Å². The van der Waals surface area contributed by atoms with Crippen molar-refractivity contribution in [3.63, 3.8) is 0 Å². The lowest BCUT2D eigenvalue weighted by atomic mass is 9.90. The molecule has 2 amide bonds. The summed E-state index contributed by atoms with van der Waals surface area (Å²) in [4.78, 5) is 29.2. The number of amides is 2. The number of carbonyl (C=O) groups is 2. The van der Waals surface area contributed by atoms with Gasteiger partial charge in [0.2, 0.25) is 21.8 Å². The number of rotatable bonds is 7. The molecule has 4 rings (SSSR count). The zero-order chi connectivity index (χ0) is 24.8. The lowest BCUT2D eigenvalue weighted by Gasteiger charge is -2.34. The molecule has 7 nitrogen and oxygen atoms in total. The van der Waals surface area contributed by atoms with Crippen LogP contribution >= 0.6 is 0 Å². The van der Waals surface area contributed by atoms with Crippen LogP contribution in [-0.4, -0.2) is 73.6 Å². The number of carbonyl (C=O) groups excluding carboxylic acids is 2. The van der Waals surface area contributed by atoms with E-state index in [1.165, 1.54) is 9.87 Å². The maximum Gasteiger partial charge on any atom is 0.243 e. The third kappa shape index (κ3) is 6.49. The van der Waals surface area contributed by atoms with Crippen molar-refractivity contribution in [3.8, 4) is 0 Å². The zero-order valence-corrected chi connectivity index (χ0v) is 21.3. The molecule has 188 valence electrons. The molecule has 35 heavy (non-hydrogen) atoms. The van der Waals surface area contributed by atoms with Crippen LogP contribution in [0.4, 0.5) is 0 Å². The fourth-order valence-electron chi connectivity index (χ4n) is 4.90. The van der Waals surface area contributed by atoms with Crippen LogP contribution in [0.2, 0.25) is 0 Å². The molecule has 0 aromatic heterocycles. The Labute approximate surface area is 208 Å². The molecule has 0 radical (unpaired) electrons. The Bertz CT molecular complexity index is 1100. The summed E-state index contributed by atoms with van der Waals surface area (Å²) in [6.07, 6.45) is 3.42. The SMILES string of the molecule is Cc1ccc(S(=O)(=O)N2CCN(C(=O)CCC(=O)N3CCC(Cc4ccccc4)CC3)CC2)cc1. The third-order valence-electron chi connectivity index (χ3n) is 7.14. The number of hydrogen-bond donors (Lipinski definition) is 0. The van der Waals surface area contributed by atoms with Gasteiger partial charge in [-0.3, -0.25) is 9.59 Å². The molecule has 0 N–H and O–H groups in total. The van der Waals surface area contributed by atoms with Crippen molar-refractivity contribution in [2.24, 2.45) is 5.92 Å². The molecule has 2 aromatic rings. The van der Waals surface area contributed by atoms with E-state index in [2.05, 4.69) is 24.3 Å². The number of piperidine rings is 1. The van der Waals surface area contributed by atoms with Crippen molar-refractivity contribution >= 4 is 21.8 Å². The number of piperazine rings is 1. The standard InChI is InChI=1S/C27H35N3O4S/c1-22-7-9-25(10-8-22)35(33,34)30-19-17-29(18-20-30)27(32)12-11-26(31)28-15-13-24(14-16-28)21-23-5-3-2-4-6-23/h2-10,24H,11-21H2,1H3. The second-order valence-corrected chi connectivity index (χ2v) is 11.5. The van der Waals surface area contributed by atoms with E-state index in [9.17, 15) is 18.0 Å². The van der Waals surface area contributed by atoms with Gasteiger partial charge in [0.15, 0.2) is 0 Å². The van der Waals surface area contributed by atoms with E-state index in [0.29, 0.717) is 19.0 Å². The molecule has 0 atom stereocenters. The van der Waals surface area contributed by atoms with E-state index in [1.54, 1.807) is 29.2 Å². The van der Waals surface area contributed by atoms with Crippen LogP contribution in [0, 0.1) is 12.8 Å². The summed E-state index contributed by atoms with van der Waals surface area (Å²) < 4.78 is 27.2. The highest BCUT2D eigenvalue weighted by Gasteiger charge is 2.30. The summed E-state index contributed by atoms with van der Waals surface area (Å²) in [5.41, 5.74) is 2.35. The fraction of sp³-hybridized carbons (Fsp3) is 0.481. The highest BCUT2D eigenvalue weighted by atomic mass is 32.2. The van der Waals surface area contributed by atoms with Crippen LogP contribution in [0.25, 0.3) is 0 Å². The number of benzene rings is 2. The first-order valence-electron chi connectivity index (χ1n) is 12.5. The summed E-state index contributed by atoms with van der Waals surface area (Å²) in [6.45, 7) is 4.65. The van der Waals surface area contributed by atoms with Crippen LogP contribution in [0.1, 0.15) is 36.8 Å². The molecule has 0 spiro atoms. The monoisotopic (exact) mass is 497 g/mol. The van der Waals surface area contributed by atoms with Crippen LogP contribution < -0.4 is 0 Å². The van der Waals surface area contributed by atoms with Crippen molar-refractivity contribution in [2.75, 3.05) is 39.3 Å². The topological polar surface area (TPSA) is 78.0 Å². The summed E-state index contributed by atoms with van der Waals surface area (Å²) in [6, 6.07) is 17.3. The molecule has 0 aliphatic carbocycles. The van der Waals surface area contributed by atoms with Gasteiger partial charge in [-0.2, -0.15) is 4.31 Å². The normalized spacial score (nSPS) is 18.0. The molecule has 0 unspecified atom stereocenters. The van der Waals surface area contributed by atoms with E-state index in [0.717, 1.165) is 37.9 Å². The van der Waals surface area contributed by atoms with Gasteiger partial charge in [0.05, 0.1) is 4.90 Å². The van der Waals surface area contributed by atoms with Gasteiger partial charge in [0.1, 0.15) is 0 Å². The average Bonchev–Trinajstić information content (AvgIpc) is 2.88. The minimum Gasteiger partial charge on any atom is -0.343 e. The largest absolute Gasteiger partial charge is 0.343 e. The molecule has 8 heteroatoms. The van der Waals surface area contributed by atoms with Gasteiger partial charge in [0, 0.05) is 52.1 Å². The smallest absolute Gasteiger partial charge is 0.243 e. The van der Waals surface area contributed by atoms with Crippen molar-refractivity contribution < 1.29 is 18.0 Å². The first-order valence-corrected chi connectivity index (χ1v) is 13.9. The molecule has 2 saturated heterocycles. The summed E-state index contributed by atoms with van der Waals surface area (Å²) in [5.74, 6) is 0.553. The average molecular weight is 498 g/mol. The molecule has 0 saturated carbocycles. The summed E-state index contributed by atoms with van der Waals surface area (Å²) in [5, 5.41) is 0. The van der Waals surface area contributed by atoms with E-state index in [1.807, 2.05) is 17.9 Å². The van der Waals surface area contributed by atoms with E-state index in [4.69, 9.17) is 0 Å². The molecule has 2 aliphatic rings. The van der Waals surface area contributed by atoms with E-state index >= 15 is 0 Å². The number of aryl methyl sites for hydroxylation is 1. The predicted molar refractivity (Wildman–Crippen MR) is 135 cm³/mol. The Morgan fingerprint density at radius 2 is 1.31 bits per heavy atom. The number of sulfonamides is 1. The Hall–Kier alpha value is -2.71. The number of nitrogens with zero attached hydrogens (tertiary/aromatic N) is 3. The predicted octanol–water partition coefficient (Wildman–Crippen LogP) is 3.09. The second kappa shape index (κ2) is 11.4. The van der Waals surface area contributed by atoms with Crippen LogP contribution in [-0.2, 0) is 26.0 Å². The highest BCUT2D eigenvalue weighted by Crippen LogP contribution is 2.23. The molecule has 2 aliphatic heterocycles. The molecule has 2 fully saturated rings. The van der Waals surface area contributed by atoms with Crippen LogP contribution in [0.15, 0.2) is 59.5 Å². The first kappa shape index (κ1) is 25.4. The number of likely N-dealkylation sites (tertiary alicyclic amines) is 1. The maximum absolute atomic E-state index is 12.9. The summed E-state index contributed by atoms with van der Waals surface area (Å²) in [7, 11) is -3.56. The third-order valence-corrected chi connectivity index (χ3v) is 9.05. The molecule has 2 heterocycles. The molecule has 2 aromatic carbocycles. The lowest BCUT2D eigenvalue weighted by Crippen LogP contribution is -2.50. The van der Waals surface area contributed by atoms with Gasteiger partial charge >= 0.3 is 0 Å². The number of hydrogen-bond acceptors (Lipinski definition) is 4. The minimum absolute atomic E-state index is 0.0390. The van der Waals surface area contributed by atoms with Gasteiger partial charge in [-0.15, -0.1) is 0 Å². The van der Waals surface area contributed by atoms with E-state index < -0.39 is 10.0 Å². The molecule has 0 bridgehead atoms. The summed E-state index contributed by atoms with van der Waals surface area (Å²) >= 11 is 0. The Balaban J connectivity index is 1.18. The van der Waals surface area contributed by atoms with Gasteiger partial charge in [0.25, 0.3) is 0 Å². The van der Waals surface area contributed by atoms with Gasteiger partial charge in [-0.25, -0.2) is 8.42 Å². The van der Waals surface area contributed by atoms with Gasteiger partial charge in [-0.05, 0) is 49.8 Å². The van der Waals surface area contributed by atoms with Crippen LogP contribution in [0.3, 0.4) is 0 Å². The van der Waals surface area contributed by atoms with Crippen molar-refractivity contribution in [1.82, 2.24) is 14.1 Å². The Kier molecular flexibility index (Phi) is 8.23. The molecular weight excluding hydrogens is 462 g/mol. The lowest BCUT2D eigenvalue weighted by molar-refractivity contribution is -0.138. The van der Waals surface area contributed by atoms with E-state index in [-0.39, 0.29) is 42.6 Å². The fourth-order valence-corrected chi connectivity index (χ4v) is 6.32. The Morgan fingerprint density at radius 3 is 1.89 bits per heavy atom. The maximum atomic E-state index is 12.9. The first-order chi connectivity index (χ1) is 16.8. The second-order valence-electron chi connectivity index (χ2n) is 9.61. The zero-order valence-electron chi connectivity index (χ0n) is 20.4. The highest BCUT2D eigenvalue weighted by molar-refractivity contribution is 7.89. The van der Waals surface area contributed by atoms with Crippen molar-refractivity contribution in [2.45, 2.75) is 43.9 Å². The van der Waals surface area contributed by atoms with Gasteiger partial charge in [-0.1, -0.05) is 48.0 Å². The Morgan fingerprint density at radius 1 is 0.771 bits per heavy atom. The minimum atomic E-state index is -3.56. The van der Waals surface area contributed by atoms with Crippen LogP contribution in [0.5, 0.6) is 0 Å². The quantitative estimate of drug-likeness (QED) is 0.589. The van der Waals surface area contributed by atoms with Crippen molar-refractivity contribution in [1.29, 1.82) is 0 Å².